The van der Waals surface area contributed by atoms with Crippen LogP contribution in [0.1, 0.15) is 31.1 Å². The molecular formula is C19H21ClN2O5S. The first kappa shape index (κ1) is 21.9. The summed E-state index contributed by atoms with van der Waals surface area (Å²) < 4.78 is 32.6. The highest BCUT2D eigenvalue weighted by Crippen LogP contribution is 2.27. The number of carbonyl (C=O) groups is 2. The van der Waals surface area contributed by atoms with Crippen molar-refractivity contribution in [3.8, 4) is 5.75 Å². The number of rotatable bonds is 8. The highest BCUT2D eigenvalue weighted by Gasteiger charge is 2.23. The van der Waals surface area contributed by atoms with Gasteiger partial charge in [-0.1, -0.05) is 23.7 Å². The number of anilines is 1. The summed E-state index contributed by atoms with van der Waals surface area (Å²) in [5.41, 5.74) is 0.836. The molecule has 0 heterocycles. The van der Waals surface area contributed by atoms with Crippen LogP contribution in [0.4, 0.5) is 5.69 Å². The van der Waals surface area contributed by atoms with Crippen LogP contribution in [0.2, 0.25) is 5.02 Å². The molecule has 0 aliphatic rings. The first-order valence-electron chi connectivity index (χ1n) is 8.50. The molecule has 0 saturated heterocycles. The Hall–Kier alpha value is -2.42. The van der Waals surface area contributed by atoms with E-state index in [1.807, 2.05) is 0 Å². The van der Waals surface area contributed by atoms with E-state index >= 15 is 0 Å². The summed E-state index contributed by atoms with van der Waals surface area (Å²) in [6.45, 7) is 5.01. The molecule has 0 radical (unpaired) electrons. The Balaban J connectivity index is 2.11. The van der Waals surface area contributed by atoms with Crippen molar-refractivity contribution in [2.45, 2.75) is 31.7 Å². The number of sulfonamides is 1. The fourth-order valence-corrected chi connectivity index (χ4v) is 3.87. The van der Waals surface area contributed by atoms with E-state index in [9.17, 15) is 18.0 Å². The Bertz CT molecular complexity index is 992. The minimum absolute atomic E-state index is 0.0841. The third-order valence-corrected chi connectivity index (χ3v) is 5.61. The lowest BCUT2D eigenvalue weighted by Crippen LogP contribution is -2.41. The van der Waals surface area contributed by atoms with Crippen molar-refractivity contribution < 1.29 is 22.7 Å². The van der Waals surface area contributed by atoms with Gasteiger partial charge in [-0.15, -0.1) is 0 Å². The van der Waals surface area contributed by atoms with E-state index in [-0.39, 0.29) is 15.7 Å². The average Bonchev–Trinajstić information content (AvgIpc) is 2.63. The zero-order valence-electron chi connectivity index (χ0n) is 15.7. The van der Waals surface area contributed by atoms with Crippen LogP contribution in [-0.2, 0) is 14.8 Å². The van der Waals surface area contributed by atoms with Crippen LogP contribution in [0.5, 0.6) is 5.75 Å². The lowest BCUT2D eigenvalue weighted by molar-refractivity contribution is -0.117. The van der Waals surface area contributed by atoms with Gasteiger partial charge in [0, 0.05) is 11.3 Å². The molecule has 2 aromatic rings. The molecule has 0 saturated carbocycles. The van der Waals surface area contributed by atoms with Gasteiger partial charge in [0.1, 0.15) is 5.75 Å². The molecule has 0 aliphatic carbocycles. The molecule has 9 heteroatoms. The quantitative estimate of drug-likeness (QED) is 0.633. The maximum atomic E-state index is 12.5. The zero-order chi connectivity index (χ0) is 20.9. The molecule has 0 unspecified atom stereocenters. The number of halogens is 1. The number of benzene rings is 2. The lowest BCUT2D eigenvalue weighted by Gasteiger charge is -2.15. The van der Waals surface area contributed by atoms with Gasteiger partial charge >= 0.3 is 0 Å². The van der Waals surface area contributed by atoms with Gasteiger partial charge in [0.15, 0.2) is 5.78 Å². The van der Waals surface area contributed by atoms with E-state index in [1.54, 1.807) is 25.1 Å². The van der Waals surface area contributed by atoms with Crippen LogP contribution in [0.25, 0.3) is 0 Å². The van der Waals surface area contributed by atoms with Crippen molar-refractivity contribution in [2.75, 3.05) is 11.9 Å². The highest BCUT2D eigenvalue weighted by molar-refractivity contribution is 7.89. The standard InChI is InChI=1S/C19H21ClN2O5S/c1-4-27-18-9-8-16(11-17(18)20)28(25,26)22-12(2)19(24)21-15-7-5-6-14(10-15)13(3)23/h5-12,22H,4H2,1-3H3,(H,21,24)/t12-/m0/s1. The molecule has 0 aromatic heterocycles. The highest BCUT2D eigenvalue weighted by atomic mass is 35.5. The Morgan fingerprint density at radius 2 is 1.89 bits per heavy atom. The second kappa shape index (κ2) is 9.18. The molecule has 7 nitrogen and oxygen atoms in total. The van der Waals surface area contributed by atoms with Crippen LogP contribution in [-0.4, -0.2) is 32.8 Å². The second-order valence-corrected chi connectivity index (χ2v) is 8.12. The van der Waals surface area contributed by atoms with E-state index in [1.165, 1.54) is 38.1 Å². The fourth-order valence-electron chi connectivity index (χ4n) is 2.34. The van der Waals surface area contributed by atoms with Crippen molar-refractivity contribution in [1.29, 1.82) is 0 Å². The second-order valence-electron chi connectivity index (χ2n) is 5.99. The summed E-state index contributed by atoms with van der Waals surface area (Å²) in [5.74, 6) is -0.335. The van der Waals surface area contributed by atoms with Gasteiger partial charge in [-0.25, -0.2) is 8.42 Å². The summed E-state index contributed by atoms with van der Waals surface area (Å²) in [4.78, 5) is 23.7. The zero-order valence-corrected chi connectivity index (χ0v) is 17.2. The molecule has 0 bridgehead atoms. The normalized spacial score (nSPS) is 12.3. The maximum absolute atomic E-state index is 12.5. The number of hydrogen-bond donors (Lipinski definition) is 2. The largest absolute Gasteiger partial charge is 0.492 e. The summed E-state index contributed by atoms with van der Waals surface area (Å²) in [7, 11) is -3.98. The number of ketones is 1. The number of Topliss-reactive ketones (excluding diaryl/α,β-unsaturated/α-hetero) is 1. The summed E-state index contributed by atoms with van der Waals surface area (Å²) in [5, 5.41) is 2.74. The monoisotopic (exact) mass is 424 g/mol. The van der Waals surface area contributed by atoms with Gasteiger partial charge in [0.25, 0.3) is 0 Å². The Labute approximate surface area is 169 Å². The molecule has 2 aromatic carbocycles. The molecule has 150 valence electrons. The molecule has 0 fully saturated rings. The smallest absolute Gasteiger partial charge is 0.242 e. The molecule has 28 heavy (non-hydrogen) atoms. The van der Waals surface area contributed by atoms with Crippen molar-refractivity contribution in [2.24, 2.45) is 0 Å². The SMILES string of the molecule is CCOc1ccc(S(=O)(=O)N[C@@H](C)C(=O)Nc2cccc(C(C)=O)c2)cc1Cl. The topological polar surface area (TPSA) is 102 Å². The predicted octanol–water partition coefficient (Wildman–Crippen LogP) is 3.25. The molecule has 2 rings (SSSR count). The van der Waals surface area contributed by atoms with Crippen LogP contribution < -0.4 is 14.8 Å². The summed E-state index contributed by atoms with van der Waals surface area (Å²) in [6, 6.07) is 9.39. The van der Waals surface area contributed by atoms with Gasteiger partial charge in [0.05, 0.1) is 22.6 Å². The predicted molar refractivity (Wildman–Crippen MR) is 107 cm³/mol. The summed E-state index contributed by atoms with van der Waals surface area (Å²) in [6.07, 6.45) is 0. The van der Waals surface area contributed by atoms with Gasteiger partial charge in [-0.3, -0.25) is 9.59 Å². The Morgan fingerprint density at radius 3 is 2.50 bits per heavy atom. The van der Waals surface area contributed by atoms with Crippen molar-refractivity contribution in [3.63, 3.8) is 0 Å². The van der Waals surface area contributed by atoms with Crippen LogP contribution in [0, 0.1) is 0 Å². The molecule has 0 aliphatic heterocycles. The minimum Gasteiger partial charge on any atom is -0.492 e. The number of ether oxygens (including phenoxy) is 1. The van der Waals surface area contributed by atoms with Crippen molar-refractivity contribution >= 4 is 39.0 Å². The van der Waals surface area contributed by atoms with Crippen LogP contribution in [0.3, 0.4) is 0 Å². The third kappa shape index (κ3) is 5.54. The Morgan fingerprint density at radius 1 is 1.18 bits per heavy atom. The van der Waals surface area contributed by atoms with Gasteiger partial charge in [-0.2, -0.15) is 4.72 Å². The lowest BCUT2D eigenvalue weighted by atomic mass is 10.1. The number of nitrogens with one attached hydrogen (secondary N) is 2. The first-order valence-corrected chi connectivity index (χ1v) is 10.4. The number of amides is 1. The van der Waals surface area contributed by atoms with E-state index in [2.05, 4.69) is 10.0 Å². The Kier molecular flexibility index (Phi) is 7.17. The minimum atomic E-state index is -3.98. The molecule has 2 N–H and O–H groups in total. The van der Waals surface area contributed by atoms with E-state index in [0.29, 0.717) is 23.6 Å². The van der Waals surface area contributed by atoms with E-state index in [0.717, 1.165) is 0 Å². The maximum Gasteiger partial charge on any atom is 0.242 e. The fraction of sp³-hybridized carbons (Fsp3) is 0.263. The average molecular weight is 425 g/mol. The van der Waals surface area contributed by atoms with Gasteiger partial charge < -0.3 is 10.1 Å². The molecule has 0 spiro atoms. The van der Waals surface area contributed by atoms with E-state index < -0.39 is 22.0 Å². The van der Waals surface area contributed by atoms with Gasteiger partial charge in [-0.05, 0) is 51.1 Å². The molecule has 1 amide bonds. The van der Waals surface area contributed by atoms with Crippen molar-refractivity contribution in [3.05, 3.63) is 53.1 Å². The van der Waals surface area contributed by atoms with Crippen LogP contribution >= 0.6 is 11.6 Å². The third-order valence-electron chi connectivity index (χ3n) is 3.78. The number of hydrogen-bond acceptors (Lipinski definition) is 5. The van der Waals surface area contributed by atoms with Gasteiger partial charge in [0.2, 0.25) is 15.9 Å². The summed E-state index contributed by atoms with van der Waals surface area (Å²) >= 11 is 6.04. The van der Waals surface area contributed by atoms with E-state index in [4.69, 9.17) is 16.3 Å². The number of carbonyl (C=O) groups excluding carboxylic acids is 2. The molecule has 1 atom stereocenters. The molecular weight excluding hydrogens is 404 g/mol. The first-order chi connectivity index (χ1) is 13.1. The van der Waals surface area contributed by atoms with Crippen LogP contribution in [0.15, 0.2) is 47.4 Å². The van der Waals surface area contributed by atoms with Crippen molar-refractivity contribution in [1.82, 2.24) is 4.72 Å².